The van der Waals surface area contributed by atoms with Crippen LogP contribution in [0.2, 0.25) is 0 Å². The monoisotopic (exact) mass is 329 g/mol. The van der Waals surface area contributed by atoms with E-state index in [0.717, 1.165) is 11.1 Å². The van der Waals surface area contributed by atoms with Crippen LogP contribution in [-0.4, -0.2) is 33.8 Å². The van der Waals surface area contributed by atoms with Crippen molar-refractivity contribution in [2.45, 2.75) is 64.2 Å². The Morgan fingerprint density at radius 2 is 2.04 bits per heavy atom. The van der Waals surface area contributed by atoms with E-state index in [4.69, 9.17) is 11.2 Å². The molecule has 1 aromatic rings. The first kappa shape index (κ1) is 18.4. The summed E-state index contributed by atoms with van der Waals surface area (Å²) in [6, 6.07) is 7.58. The minimum absolute atomic E-state index is 0.0821. The van der Waals surface area contributed by atoms with E-state index in [1.165, 1.54) is 0 Å². The second-order valence-electron chi connectivity index (χ2n) is 7.28. The van der Waals surface area contributed by atoms with Crippen LogP contribution in [0.3, 0.4) is 0 Å². The molecular weight excluding hydrogens is 302 g/mol. The first-order valence-electron chi connectivity index (χ1n) is 8.48. The molecule has 1 saturated heterocycles. The number of carbonyl (C=O) groups excluding carboxylic acids is 1. The molecule has 1 aliphatic rings. The molecule has 0 spiro atoms. The molecule has 2 unspecified atom stereocenters. The number of hydrogen-bond acceptors (Lipinski definition) is 3. The molecule has 24 heavy (non-hydrogen) atoms. The van der Waals surface area contributed by atoms with Crippen LogP contribution in [0, 0.1) is 12.3 Å². The molecule has 0 bridgehead atoms. The highest BCUT2D eigenvalue weighted by Crippen LogP contribution is 2.37. The molecule has 1 fully saturated rings. The maximum absolute atomic E-state index is 12.6. The Labute approximate surface area is 144 Å². The zero-order valence-corrected chi connectivity index (χ0v) is 15.0. The largest absolute Gasteiger partial charge is 0.443 e. The summed E-state index contributed by atoms with van der Waals surface area (Å²) in [5.74, 6) is 2.59. The summed E-state index contributed by atoms with van der Waals surface area (Å²) < 4.78 is 5.79. The second-order valence-corrected chi connectivity index (χ2v) is 7.28. The van der Waals surface area contributed by atoms with Crippen LogP contribution < -0.4 is 0 Å². The Morgan fingerprint density at radius 1 is 1.42 bits per heavy atom. The van der Waals surface area contributed by atoms with Gasteiger partial charge in [0.1, 0.15) is 5.60 Å². The van der Waals surface area contributed by atoms with E-state index < -0.39 is 11.2 Å². The first-order valence-corrected chi connectivity index (χ1v) is 8.48. The lowest BCUT2D eigenvalue weighted by Gasteiger charge is -2.44. The number of ether oxygens (including phenoxy) is 1. The predicted molar refractivity (Wildman–Crippen MR) is 94.5 cm³/mol. The zero-order chi connectivity index (χ0) is 18.0. The van der Waals surface area contributed by atoms with Gasteiger partial charge in [0.05, 0.1) is 11.6 Å². The molecule has 4 heteroatoms. The third-order valence-electron chi connectivity index (χ3n) is 4.77. The van der Waals surface area contributed by atoms with E-state index in [2.05, 4.69) is 5.92 Å². The van der Waals surface area contributed by atoms with Gasteiger partial charge < -0.3 is 14.7 Å². The standard InChI is InChI=1S/C20H27NO3/c1-6-16-8-10-17(11-9-16)15(3)21-13-12-20(7-2,24-18(21)22)14-19(4,5)23/h1,8-11,15,23H,7,12-14H2,2-5H3. The van der Waals surface area contributed by atoms with Crippen LogP contribution >= 0.6 is 0 Å². The molecule has 2 atom stereocenters. The average Bonchev–Trinajstić information content (AvgIpc) is 2.53. The fourth-order valence-electron chi connectivity index (χ4n) is 3.39. The van der Waals surface area contributed by atoms with Crippen molar-refractivity contribution < 1.29 is 14.6 Å². The van der Waals surface area contributed by atoms with E-state index >= 15 is 0 Å². The van der Waals surface area contributed by atoms with Gasteiger partial charge in [0, 0.05) is 24.9 Å². The molecule has 1 heterocycles. The zero-order valence-electron chi connectivity index (χ0n) is 15.0. The van der Waals surface area contributed by atoms with Gasteiger partial charge in [-0.1, -0.05) is 25.0 Å². The molecule has 1 N–H and O–H groups in total. The molecule has 1 aliphatic heterocycles. The van der Waals surface area contributed by atoms with Crippen molar-refractivity contribution in [1.29, 1.82) is 0 Å². The Hall–Kier alpha value is -1.99. The number of hydrogen-bond donors (Lipinski definition) is 1. The van der Waals surface area contributed by atoms with Crippen LogP contribution in [0.4, 0.5) is 4.79 Å². The molecule has 2 rings (SSSR count). The minimum Gasteiger partial charge on any atom is -0.443 e. The van der Waals surface area contributed by atoms with Gasteiger partial charge in [0.2, 0.25) is 0 Å². The first-order chi connectivity index (χ1) is 11.2. The van der Waals surface area contributed by atoms with Gasteiger partial charge >= 0.3 is 6.09 Å². The SMILES string of the molecule is C#Cc1ccc(C(C)N2CCC(CC)(CC(C)(C)O)OC2=O)cc1. The molecule has 4 nitrogen and oxygen atoms in total. The van der Waals surface area contributed by atoms with E-state index in [9.17, 15) is 9.90 Å². The molecule has 0 radical (unpaired) electrons. The van der Waals surface area contributed by atoms with Crippen molar-refractivity contribution in [1.82, 2.24) is 4.90 Å². The second kappa shape index (κ2) is 6.86. The van der Waals surface area contributed by atoms with Gasteiger partial charge in [0.15, 0.2) is 0 Å². The van der Waals surface area contributed by atoms with E-state index in [0.29, 0.717) is 25.8 Å². The minimum atomic E-state index is -0.866. The quantitative estimate of drug-likeness (QED) is 0.834. The Bertz CT molecular complexity index is 624. The number of aliphatic hydroxyl groups is 1. The van der Waals surface area contributed by atoms with Crippen LogP contribution in [-0.2, 0) is 4.74 Å². The molecular formula is C20H27NO3. The number of cyclic esters (lactones) is 1. The van der Waals surface area contributed by atoms with Crippen molar-refractivity contribution >= 4 is 6.09 Å². The molecule has 0 aliphatic carbocycles. The third-order valence-corrected chi connectivity index (χ3v) is 4.77. The van der Waals surface area contributed by atoms with E-state index in [-0.39, 0.29) is 12.1 Å². The third kappa shape index (κ3) is 4.10. The number of benzene rings is 1. The van der Waals surface area contributed by atoms with Gasteiger partial charge in [-0.3, -0.25) is 0 Å². The van der Waals surface area contributed by atoms with Crippen LogP contribution in [0.25, 0.3) is 0 Å². The summed E-state index contributed by atoms with van der Waals surface area (Å²) in [7, 11) is 0. The summed E-state index contributed by atoms with van der Waals surface area (Å²) in [6.07, 6.45) is 6.92. The van der Waals surface area contributed by atoms with Gasteiger partial charge in [0.25, 0.3) is 0 Å². The van der Waals surface area contributed by atoms with Crippen LogP contribution in [0.5, 0.6) is 0 Å². The molecule has 0 saturated carbocycles. The van der Waals surface area contributed by atoms with Crippen molar-refractivity contribution in [2.24, 2.45) is 0 Å². The molecule has 130 valence electrons. The predicted octanol–water partition coefficient (Wildman–Crippen LogP) is 3.88. The van der Waals surface area contributed by atoms with Gasteiger partial charge in [-0.05, 0) is 44.9 Å². The molecule has 0 aromatic heterocycles. The van der Waals surface area contributed by atoms with Crippen molar-refractivity contribution in [3.8, 4) is 12.3 Å². The number of carbonyl (C=O) groups is 1. The highest BCUT2D eigenvalue weighted by atomic mass is 16.6. The lowest BCUT2D eigenvalue weighted by molar-refractivity contribution is -0.0977. The normalized spacial score (nSPS) is 22.7. The number of nitrogens with zero attached hydrogens (tertiary/aromatic N) is 1. The number of terminal acetylenes is 1. The lowest BCUT2D eigenvalue weighted by atomic mass is 9.83. The van der Waals surface area contributed by atoms with Gasteiger partial charge in [-0.15, -0.1) is 6.42 Å². The molecule has 1 amide bonds. The van der Waals surface area contributed by atoms with Crippen molar-refractivity contribution in [3.63, 3.8) is 0 Å². The smallest absolute Gasteiger partial charge is 0.410 e. The Kier molecular flexibility index (Phi) is 5.25. The summed E-state index contributed by atoms with van der Waals surface area (Å²) >= 11 is 0. The maximum Gasteiger partial charge on any atom is 0.410 e. The summed E-state index contributed by atoms with van der Waals surface area (Å²) in [6.45, 7) is 8.10. The van der Waals surface area contributed by atoms with Gasteiger partial charge in [-0.2, -0.15) is 0 Å². The highest BCUT2D eigenvalue weighted by molar-refractivity contribution is 5.70. The van der Waals surface area contributed by atoms with Gasteiger partial charge in [-0.25, -0.2) is 4.79 Å². The molecule has 1 aromatic carbocycles. The summed E-state index contributed by atoms with van der Waals surface area (Å²) in [5, 5.41) is 10.1. The lowest BCUT2D eigenvalue weighted by Crippen LogP contribution is -2.52. The fourth-order valence-corrected chi connectivity index (χ4v) is 3.39. The summed E-state index contributed by atoms with van der Waals surface area (Å²) in [5.41, 5.74) is 0.397. The fraction of sp³-hybridized carbons (Fsp3) is 0.550. The number of amides is 1. The van der Waals surface area contributed by atoms with Crippen molar-refractivity contribution in [2.75, 3.05) is 6.54 Å². The average molecular weight is 329 g/mol. The van der Waals surface area contributed by atoms with E-state index in [1.807, 2.05) is 38.1 Å². The van der Waals surface area contributed by atoms with Crippen LogP contribution in [0.15, 0.2) is 24.3 Å². The Morgan fingerprint density at radius 3 is 2.50 bits per heavy atom. The Balaban J connectivity index is 2.12. The number of rotatable bonds is 5. The van der Waals surface area contributed by atoms with Crippen LogP contribution in [0.1, 0.15) is 64.1 Å². The maximum atomic E-state index is 12.6. The summed E-state index contributed by atoms with van der Waals surface area (Å²) in [4.78, 5) is 14.3. The van der Waals surface area contributed by atoms with Crippen molar-refractivity contribution in [3.05, 3.63) is 35.4 Å². The van der Waals surface area contributed by atoms with E-state index in [1.54, 1.807) is 18.7 Å². The topological polar surface area (TPSA) is 49.8 Å². The highest BCUT2D eigenvalue weighted by Gasteiger charge is 2.43.